The van der Waals surface area contributed by atoms with Gasteiger partial charge in [0.25, 0.3) is 0 Å². The van der Waals surface area contributed by atoms with E-state index in [1.807, 2.05) is 20.2 Å². The van der Waals surface area contributed by atoms with Gasteiger partial charge in [0.05, 0.1) is 0 Å². The van der Waals surface area contributed by atoms with Crippen LogP contribution < -0.4 is 5.32 Å². The molecule has 1 aliphatic rings. The van der Waals surface area contributed by atoms with E-state index in [2.05, 4.69) is 34.5 Å². The first-order valence-corrected chi connectivity index (χ1v) is 7.71. The summed E-state index contributed by atoms with van der Waals surface area (Å²) in [4.78, 5) is 13.8. The summed E-state index contributed by atoms with van der Waals surface area (Å²) in [5, 5.41) is 12.9. The number of carbonyl (C=O) groups is 1. The van der Waals surface area contributed by atoms with Gasteiger partial charge in [-0.05, 0) is 51.3 Å². The van der Waals surface area contributed by atoms with E-state index in [1.165, 1.54) is 5.56 Å². The van der Waals surface area contributed by atoms with Crippen molar-refractivity contribution in [3.05, 3.63) is 35.9 Å². The average Bonchev–Trinajstić information content (AvgIpc) is 2.48. The van der Waals surface area contributed by atoms with Crippen LogP contribution in [0.5, 0.6) is 0 Å². The summed E-state index contributed by atoms with van der Waals surface area (Å²) in [6.07, 6.45) is 3.28. The molecule has 0 spiro atoms. The number of hydrogen-bond acceptors (Lipinski definition) is 3. The molecule has 2 rings (SSSR count). The summed E-state index contributed by atoms with van der Waals surface area (Å²) in [5.41, 5.74) is 0.603. The van der Waals surface area contributed by atoms with Crippen molar-refractivity contribution < 1.29 is 9.90 Å². The van der Waals surface area contributed by atoms with Crippen LogP contribution in [0.4, 0.5) is 0 Å². The Hall–Kier alpha value is -1.39. The lowest BCUT2D eigenvalue weighted by atomic mass is 9.74. The van der Waals surface area contributed by atoms with E-state index in [0.717, 1.165) is 25.9 Å². The second kappa shape index (κ2) is 7.05. The Balaban J connectivity index is 1.96. The fraction of sp³-hybridized carbons (Fsp3) is 0.588. The van der Waals surface area contributed by atoms with Crippen LogP contribution in [0.3, 0.4) is 0 Å². The second-order valence-corrected chi connectivity index (χ2v) is 6.30. The van der Waals surface area contributed by atoms with Crippen LogP contribution in [-0.2, 0) is 4.79 Å². The first kappa shape index (κ1) is 16.0. The number of likely N-dealkylation sites (N-methyl/N-ethyl adjacent to an activating group) is 1. The molecule has 2 N–H and O–H groups in total. The summed E-state index contributed by atoms with van der Waals surface area (Å²) in [6.45, 7) is 1.58. The molecule has 0 amide bonds. The van der Waals surface area contributed by atoms with Gasteiger partial charge in [-0.25, -0.2) is 0 Å². The first-order chi connectivity index (χ1) is 10.0. The van der Waals surface area contributed by atoms with Gasteiger partial charge in [0, 0.05) is 13.1 Å². The van der Waals surface area contributed by atoms with Crippen LogP contribution in [-0.4, -0.2) is 48.7 Å². The quantitative estimate of drug-likeness (QED) is 0.844. The number of aliphatic carboxylic acids is 1. The third kappa shape index (κ3) is 4.05. The number of nitrogens with zero attached hydrogens (tertiary/aromatic N) is 1. The molecular formula is C17H26N2O2. The first-order valence-electron chi connectivity index (χ1n) is 7.71. The van der Waals surface area contributed by atoms with Gasteiger partial charge in [0.2, 0.25) is 0 Å². The topological polar surface area (TPSA) is 52.6 Å². The number of hydrogen-bond donors (Lipinski definition) is 2. The maximum absolute atomic E-state index is 11.7. The van der Waals surface area contributed by atoms with Gasteiger partial charge in [0.1, 0.15) is 5.54 Å². The number of carboxylic acids is 1. The molecule has 21 heavy (non-hydrogen) atoms. The van der Waals surface area contributed by atoms with Crippen LogP contribution in [0.1, 0.15) is 37.2 Å². The molecule has 0 unspecified atom stereocenters. The van der Waals surface area contributed by atoms with Crippen LogP contribution in [0.15, 0.2) is 30.3 Å². The van der Waals surface area contributed by atoms with E-state index < -0.39 is 11.5 Å². The Kier molecular flexibility index (Phi) is 5.37. The minimum atomic E-state index is -0.735. The molecule has 0 saturated heterocycles. The molecule has 1 saturated carbocycles. The molecule has 1 aromatic carbocycles. The predicted molar refractivity (Wildman–Crippen MR) is 84.6 cm³/mol. The highest BCUT2D eigenvalue weighted by Crippen LogP contribution is 2.38. The highest BCUT2D eigenvalue weighted by Gasteiger charge is 2.41. The van der Waals surface area contributed by atoms with Gasteiger partial charge >= 0.3 is 5.97 Å². The van der Waals surface area contributed by atoms with Crippen LogP contribution in [0, 0.1) is 0 Å². The SMILES string of the molecule is CN(C)CCNC1(C(=O)O)CCC(c2ccccc2)CC1. The molecule has 0 bridgehead atoms. The summed E-state index contributed by atoms with van der Waals surface area (Å²) < 4.78 is 0. The zero-order valence-corrected chi connectivity index (χ0v) is 13.0. The highest BCUT2D eigenvalue weighted by atomic mass is 16.4. The summed E-state index contributed by atoms with van der Waals surface area (Å²) in [7, 11) is 4.00. The molecule has 1 fully saturated rings. The van der Waals surface area contributed by atoms with E-state index in [4.69, 9.17) is 0 Å². The van der Waals surface area contributed by atoms with E-state index in [0.29, 0.717) is 18.8 Å². The third-order valence-corrected chi connectivity index (χ3v) is 4.54. The Morgan fingerprint density at radius 1 is 1.29 bits per heavy atom. The van der Waals surface area contributed by atoms with Crippen molar-refractivity contribution in [1.82, 2.24) is 10.2 Å². The maximum atomic E-state index is 11.7. The predicted octanol–water partition coefficient (Wildman–Crippen LogP) is 2.32. The fourth-order valence-electron chi connectivity index (χ4n) is 3.15. The molecule has 0 radical (unpaired) electrons. The summed E-state index contributed by atoms with van der Waals surface area (Å²) in [5.74, 6) is -0.206. The zero-order chi connectivity index (χ0) is 15.3. The van der Waals surface area contributed by atoms with E-state index in [9.17, 15) is 9.90 Å². The van der Waals surface area contributed by atoms with Gasteiger partial charge in [-0.2, -0.15) is 0 Å². The van der Waals surface area contributed by atoms with E-state index in [-0.39, 0.29) is 0 Å². The molecule has 1 aromatic rings. The van der Waals surface area contributed by atoms with Gasteiger partial charge in [-0.1, -0.05) is 30.3 Å². The standard InChI is InChI=1S/C17H26N2O2/c1-19(2)13-12-18-17(16(20)21)10-8-15(9-11-17)14-6-4-3-5-7-14/h3-7,15,18H,8-13H2,1-2H3,(H,20,21). The Bertz CT molecular complexity index is 451. The van der Waals surface area contributed by atoms with Crippen molar-refractivity contribution in [2.45, 2.75) is 37.1 Å². The zero-order valence-electron chi connectivity index (χ0n) is 13.0. The molecule has 0 aliphatic heterocycles. The largest absolute Gasteiger partial charge is 0.480 e. The van der Waals surface area contributed by atoms with Gasteiger partial charge in [-0.15, -0.1) is 0 Å². The highest BCUT2D eigenvalue weighted by molar-refractivity contribution is 5.79. The van der Waals surface area contributed by atoms with Crippen molar-refractivity contribution in [2.24, 2.45) is 0 Å². The normalized spacial score (nSPS) is 26.0. The van der Waals surface area contributed by atoms with Gasteiger partial charge < -0.3 is 15.3 Å². The third-order valence-electron chi connectivity index (χ3n) is 4.54. The smallest absolute Gasteiger partial charge is 0.323 e. The molecule has 0 heterocycles. The fourth-order valence-corrected chi connectivity index (χ4v) is 3.15. The maximum Gasteiger partial charge on any atom is 0.323 e. The monoisotopic (exact) mass is 290 g/mol. The Labute approximate surface area is 127 Å². The average molecular weight is 290 g/mol. The number of rotatable bonds is 6. The lowest BCUT2D eigenvalue weighted by Gasteiger charge is -2.38. The lowest BCUT2D eigenvalue weighted by molar-refractivity contribution is -0.146. The number of carboxylic acid groups (broad SMARTS) is 1. The lowest BCUT2D eigenvalue weighted by Crippen LogP contribution is -2.55. The minimum absolute atomic E-state index is 0.495. The second-order valence-electron chi connectivity index (χ2n) is 6.30. The Morgan fingerprint density at radius 3 is 2.43 bits per heavy atom. The van der Waals surface area contributed by atoms with Crippen LogP contribution >= 0.6 is 0 Å². The van der Waals surface area contributed by atoms with Crippen molar-refractivity contribution >= 4 is 5.97 Å². The number of nitrogens with one attached hydrogen (secondary N) is 1. The van der Waals surface area contributed by atoms with Crippen LogP contribution in [0.2, 0.25) is 0 Å². The van der Waals surface area contributed by atoms with Gasteiger partial charge in [0.15, 0.2) is 0 Å². The molecule has 4 heteroatoms. The van der Waals surface area contributed by atoms with E-state index >= 15 is 0 Å². The minimum Gasteiger partial charge on any atom is -0.480 e. The molecule has 116 valence electrons. The van der Waals surface area contributed by atoms with Crippen molar-refractivity contribution in [3.8, 4) is 0 Å². The van der Waals surface area contributed by atoms with Crippen molar-refractivity contribution in [1.29, 1.82) is 0 Å². The molecule has 0 atom stereocenters. The molecule has 4 nitrogen and oxygen atoms in total. The molecule has 1 aliphatic carbocycles. The summed E-state index contributed by atoms with van der Waals surface area (Å²) >= 11 is 0. The van der Waals surface area contributed by atoms with Crippen LogP contribution in [0.25, 0.3) is 0 Å². The summed E-state index contributed by atoms with van der Waals surface area (Å²) in [6, 6.07) is 10.4. The number of benzene rings is 1. The molecule has 0 aromatic heterocycles. The van der Waals surface area contributed by atoms with Crippen molar-refractivity contribution in [2.75, 3.05) is 27.2 Å². The van der Waals surface area contributed by atoms with Crippen molar-refractivity contribution in [3.63, 3.8) is 0 Å². The van der Waals surface area contributed by atoms with E-state index in [1.54, 1.807) is 0 Å². The van der Waals surface area contributed by atoms with Gasteiger partial charge in [-0.3, -0.25) is 4.79 Å². The Morgan fingerprint density at radius 2 is 1.90 bits per heavy atom. The molecular weight excluding hydrogens is 264 g/mol.